The van der Waals surface area contributed by atoms with Gasteiger partial charge in [0.2, 0.25) is 0 Å². The first kappa shape index (κ1) is 14.5. The van der Waals surface area contributed by atoms with Gasteiger partial charge in [0.25, 0.3) is 0 Å². The van der Waals surface area contributed by atoms with E-state index in [0.29, 0.717) is 5.92 Å². The van der Waals surface area contributed by atoms with Crippen LogP contribution in [0.2, 0.25) is 0 Å². The van der Waals surface area contributed by atoms with Gasteiger partial charge in [-0.05, 0) is 31.6 Å². The van der Waals surface area contributed by atoms with Crippen LogP contribution < -0.4 is 0 Å². The van der Waals surface area contributed by atoms with E-state index in [1.54, 1.807) is 11.3 Å². The van der Waals surface area contributed by atoms with E-state index in [4.69, 9.17) is 0 Å². The summed E-state index contributed by atoms with van der Waals surface area (Å²) in [5.74, 6) is 1.27. The van der Waals surface area contributed by atoms with Crippen molar-refractivity contribution < 1.29 is 5.11 Å². The summed E-state index contributed by atoms with van der Waals surface area (Å²) in [4.78, 5) is 4.59. The van der Waals surface area contributed by atoms with E-state index in [9.17, 15) is 5.11 Å². The highest BCUT2D eigenvalue weighted by molar-refractivity contribution is 7.09. The van der Waals surface area contributed by atoms with Crippen molar-refractivity contribution in [2.24, 2.45) is 11.8 Å². The molecule has 2 aliphatic carbocycles. The quantitative estimate of drug-likeness (QED) is 0.890. The summed E-state index contributed by atoms with van der Waals surface area (Å²) in [6.07, 6.45) is 12.3. The highest BCUT2D eigenvalue weighted by Crippen LogP contribution is 2.45. The van der Waals surface area contributed by atoms with Crippen LogP contribution in [0.4, 0.5) is 0 Å². The number of hydrogen-bond donors (Lipinski definition) is 1. The fourth-order valence-electron chi connectivity index (χ4n) is 4.48. The van der Waals surface area contributed by atoms with Gasteiger partial charge in [0.1, 0.15) is 0 Å². The first-order valence-corrected chi connectivity index (χ1v) is 9.19. The fraction of sp³-hybridized carbons (Fsp3) is 0.824. The third-order valence-electron chi connectivity index (χ3n) is 5.44. The number of thiazole rings is 1. The summed E-state index contributed by atoms with van der Waals surface area (Å²) in [5, 5.41) is 14.6. The maximum atomic E-state index is 11.3. The summed E-state index contributed by atoms with van der Waals surface area (Å²) in [5.41, 5.74) is 0.624. The Hall–Kier alpha value is -0.410. The number of aromatic nitrogens is 1. The number of nitrogens with zero attached hydrogens (tertiary/aromatic N) is 1. The standard InChI is InChI=1S/C17H27NOS/c1-13-18-15(12-20-13)11-17(19)10-6-5-9-16(17)14-7-3-2-4-8-14/h12,14,16,19H,2-11H2,1H3. The van der Waals surface area contributed by atoms with Crippen LogP contribution in [-0.2, 0) is 6.42 Å². The molecule has 2 aliphatic rings. The average Bonchev–Trinajstić information content (AvgIpc) is 2.85. The van der Waals surface area contributed by atoms with Gasteiger partial charge in [-0.15, -0.1) is 11.3 Å². The Morgan fingerprint density at radius 2 is 1.95 bits per heavy atom. The molecule has 1 aromatic heterocycles. The topological polar surface area (TPSA) is 33.1 Å². The largest absolute Gasteiger partial charge is 0.389 e. The predicted molar refractivity (Wildman–Crippen MR) is 84.0 cm³/mol. The SMILES string of the molecule is Cc1nc(CC2(O)CCCCC2C2CCCCC2)cs1. The van der Waals surface area contributed by atoms with E-state index in [0.717, 1.165) is 29.5 Å². The minimum atomic E-state index is -0.485. The Kier molecular flexibility index (Phi) is 4.46. The molecular formula is C17H27NOS. The molecule has 1 heterocycles. The minimum absolute atomic E-state index is 0.485. The smallest absolute Gasteiger partial charge is 0.0897 e. The number of hydrogen-bond acceptors (Lipinski definition) is 3. The molecule has 2 saturated carbocycles. The second kappa shape index (κ2) is 6.15. The van der Waals surface area contributed by atoms with Gasteiger partial charge >= 0.3 is 0 Å². The molecule has 0 saturated heterocycles. The first-order chi connectivity index (χ1) is 9.67. The Morgan fingerprint density at radius 1 is 1.20 bits per heavy atom. The summed E-state index contributed by atoms with van der Waals surface area (Å²) < 4.78 is 0. The molecule has 2 fully saturated rings. The Balaban J connectivity index is 1.75. The lowest BCUT2D eigenvalue weighted by Crippen LogP contribution is -2.46. The third-order valence-corrected chi connectivity index (χ3v) is 6.26. The lowest BCUT2D eigenvalue weighted by Gasteiger charge is -2.45. The van der Waals surface area contributed by atoms with E-state index >= 15 is 0 Å². The molecule has 0 spiro atoms. The van der Waals surface area contributed by atoms with Gasteiger partial charge in [-0.1, -0.05) is 44.9 Å². The van der Waals surface area contributed by atoms with Gasteiger partial charge in [-0.25, -0.2) is 4.98 Å². The minimum Gasteiger partial charge on any atom is -0.389 e. The Morgan fingerprint density at radius 3 is 2.65 bits per heavy atom. The monoisotopic (exact) mass is 293 g/mol. The van der Waals surface area contributed by atoms with Gasteiger partial charge in [0.05, 0.1) is 16.3 Å². The maximum absolute atomic E-state index is 11.3. The van der Waals surface area contributed by atoms with Gasteiger partial charge in [-0.2, -0.15) is 0 Å². The van der Waals surface area contributed by atoms with Crippen molar-refractivity contribution >= 4 is 11.3 Å². The normalized spacial score (nSPS) is 32.4. The van der Waals surface area contributed by atoms with Crippen molar-refractivity contribution in [1.29, 1.82) is 0 Å². The van der Waals surface area contributed by atoms with Crippen molar-refractivity contribution in [1.82, 2.24) is 4.98 Å². The highest BCUT2D eigenvalue weighted by Gasteiger charge is 2.43. The Bertz CT molecular complexity index is 438. The molecule has 0 radical (unpaired) electrons. The predicted octanol–water partition coefficient (Wildman–Crippen LogP) is 4.50. The van der Waals surface area contributed by atoms with Crippen LogP contribution in [0.5, 0.6) is 0 Å². The number of rotatable bonds is 3. The van der Waals surface area contributed by atoms with Crippen molar-refractivity contribution in [3.05, 3.63) is 16.1 Å². The first-order valence-electron chi connectivity index (χ1n) is 8.31. The maximum Gasteiger partial charge on any atom is 0.0897 e. The third kappa shape index (κ3) is 3.09. The lowest BCUT2D eigenvalue weighted by molar-refractivity contribution is -0.0771. The zero-order valence-corrected chi connectivity index (χ0v) is 13.4. The molecule has 1 aromatic rings. The van der Waals surface area contributed by atoms with E-state index in [-0.39, 0.29) is 0 Å². The van der Waals surface area contributed by atoms with Crippen LogP contribution in [0, 0.1) is 18.8 Å². The van der Waals surface area contributed by atoms with Gasteiger partial charge in [0.15, 0.2) is 0 Å². The van der Waals surface area contributed by atoms with Crippen LogP contribution in [0.3, 0.4) is 0 Å². The van der Waals surface area contributed by atoms with E-state index in [1.807, 2.05) is 0 Å². The second-order valence-corrected chi connectivity index (χ2v) is 7.95. The molecule has 3 rings (SSSR count). The van der Waals surface area contributed by atoms with Gasteiger partial charge < -0.3 is 5.11 Å². The Labute approximate surface area is 126 Å². The summed E-state index contributed by atoms with van der Waals surface area (Å²) in [7, 11) is 0. The molecule has 2 nitrogen and oxygen atoms in total. The summed E-state index contributed by atoms with van der Waals surface area (Å²) in [6, 6.07) is 0. The zero-order chi connectivity index (χ0) is 14.0. The molecule has 0 aliphatic heterocycles. The fourth-order valence-corrected chi connectivity index (χ4v) is 5.10. The lowest BCUT2D eigenvalue weighted by atomic mass is 9.64. The van der Waals surface area contributed by atoms with Crippen LogP contribution in [0.1, 0.15) is 68.5 Å². The van der Waals surface area contributed by atoms with Gasteiger partial charge in [0, 0.05) is 11.8 Å². The van der Waals surface area contributed by atoms with E-state index in [2.05, 4.69) is 17.3 Å². The summed E-state index contributed by atoms with van der Waals surface area (Å²) >= 11 is 1.71. The van der Waals surface area contributed by atoms with Crippen LogP contribution in [0.25, 0.3) is 0 Å². The van der Waals surface area contributed by atoms with Crippen molar-refractivity contribution in [2.75, 3.05) is 0 Å². The molecule has 112 valence electrons. The van der Waals surface area contributed by atoms with Gasteiger partial charge in [-0.3, -0.25) is 0 Å². The average molecular weight is 293 g/mol. The molecule has 0 aromatic carbocycles. The molecule has 0 amide bonds. The van der Waals surface area contributed by atoms with Crippen molar-refractivity contribution in [2.45, 2.75) is 76.7 Å². The molecule has 2 unspecified atom stereocenters. The molecule has 20 heavy (non-hydrogen) atoms. The highest BCUT2D eigenvalue weighted by atomic mass is 32.1. The van der Waals surface area contributed by atoms with E-state index < -0.39 is 5.60 Å². The van der Waals surface area contributed by atoms with Crippen molar-refractivity contribution in [3.63, 3.8) is 0 Å². The van der Waals surface area contributed by atoms with Crippen LogP contribution in [-0.4, -0.2) is 15.7 Å². The van der Waals surface area contributed by atoms with Crippen LogP contribution >= 0.6 is 11.3 Å². The molecule has 0 bridgehead atoms. The number of aryl methyl sites for hydroxylation is 1. The summed E-state index contributed by atoms with van der Waals surface area (Å²) in [6.45, 7) is 2.05. The van der Waals surface area contributed by atoms with E-state index in [1.165, 1.54) is 51.4 Å². The second-order valence-electron chi connectivity index (χ2n) is 6.89. The molecule has 3 heteroatoms. The molecule has 1 N–H and O–H groups in total. The van der Waals surface area contributed by atoms with Crippen LogP contribution in [0.15, 0.2) is 5.38 Å². The number of aliphatic hydroxyl groups is 1. The zero-order valence-electron chi connectivity index (χ0n) is 12.6. The molecular weight excluding hydrogens is 266 g/mol. The molecule has 2 atom stereocenters. The van der Waals surface area contributed by atoms with Crippen molar-refractivity contribution in [3.8, 4) is 0 Å².